The number of hydrogen-bond donors (Lipinski definition) is 1. The molecule has 2 bridgehead atoms. The van der Waals surface area contributed by atoms with Gasteiger partial charge in [0.05, 0.1) is 30.2 Å². The zero-order valence-electron chi connectivity index (χ0n) is 19.0. The van der Waals surface area contributed by atoms with Gasteiger partial charge in [0.1, 0.15) is 5.84 Å². The average molecular weight is 446 g/mol. The van der Waals surface area contributed by atoms with Crippen LogP contribution in [0.5, 0.6) is 5.88 Å². The van der Waals surface area contributed by atoms with E-state index in [1.54, 1.807) is 30.1 Å². The quantitative estimate of drug-likeness (QED) is 0.571. The Kier molecular flexibility index (Phi) is 5.46. The molecule has 2 aliphatic rings. The molecule has 0 spiro atoms. The Morgan fingerprint density at radius 2 is 2.03 bits per heavy atom. The number of hydrogen-bond acceptors (Lipinski definition) is 6. The highest BCUT2D eigenvalue weighted by Gasteiger charge is 2.28. The Morgan fingerprint density at radius 1 is 1.21 bits per heavy atom. The van der Waals surface area contributed by atoms with E-state index in [0.29, 0.717) is 60.2 Å². The van der Waals surface area contributed by atoms with Crippen LogP contribution in [0.25, 0.3) is 11.3 Å². The number of fused-ring (bicyclic) bond motifs is 7. The lowest BCUT2D eigenvalue weighted by Crippen LogP contribution is -2.33. The molecule has 170 valence electrons. The van der Waals surface area contributed by atoms with Gasteiger partial charge in [0.15, 0.2) is 0 Å². The largest absolute Gasteiger partial charge is 0.477 e. The van der Waals surface area contributed by atoms with Gasteiger partial charge in [-0.15, -0.1) is 0 Å². The minimum atomic E-state index is -0.571. The van der Waals surface area contributed by atoms with Crippen LogP contribution < -0.4 is 9.64 Å². The van der Waals surface area contributed by atoms with E-state index in [1.807, 2.05) is 32.0 Å². The topological polar surface area (TPSA) is 92.8 Å². The van der Waals surface area contributed by atoms with E-state index in [9.17, 15) is 9.90 Å². The summed E-state index contributed by atoms with van der Waals surface area (Å²) in [7, 11) is 1.80. The average Bonchev–Trinajstić information content (AvgIpc) is 3.34. The van der Waals surface area contributed by atoms with Crippen molar-refractivity contribution < 1.29 is 14.6 Å². The number of ether oxygens (including phenoxy) is 1. The number of aryl methyl sites for hydroxylation is 2. The van der Waals surface area contributed by atoms with Crippen molar-refractivity contribution in [3.05, 3.63) is 59.4 Å². The number of nitrogens with zero attached hydrogens (tertiary/aromatic N) is 5. The molecular formula is C25H27N5O3. The molecule has 4 heterocycles. The van der Waals surface area contributed by atoms with Crippen LogP contribution in [0.4, 0.5) is 5.69 Å². The second-order valence-electron chi connectivity index (χ2n) is 8.80. The van der Waals surface area contributed by atoms with Gasteiger partial charge in [-0.05, 0) is 37.1 Å². The Bertz CT molecular complexity index is 1250. The summed E-state index contributed by atoms with van der Waals surface area (Å²) in [4.78, 5) is 24.5. The molecule has 0 saturated heterocycles. The molecule has 2 aliphatic heterocycles. The molecule has 0 unspecified atom stereocenters. The number of rotatable bonds is 0. The van der Waals surface area contributed by atoms with Gasteiger partial charge < -0.3 is 14.7 Å². The SMILES string of the molecule is Cc1cc2cc(n1)-c1cnn(C)c1OC[C@@H](C)[C@H](O)CCN1C(=NC2=O)Cc2ccccc21. The normalized spacial score (nSPS) is 20.7. The second-order valence-corrected chi connectivity index (χ2v) is 8.80. The molecule has 0 radical (unpaired) electrons. The minimum Gasteiger partial charge on any atom is -0.477 e. The molecular weight excluding hydrogens is 418 g/mol. The van der Waals surface area contributed by atoms with Crippen LogP contribution in [-0.4, -0.2) is 50.9 Å². The molecule has 8 nitrogen and oxygen atoms in total. The van der Waals surface area contributed by atoms with Gasteiger partial charge in [-0.1, -0.05) is 25.1 Å². The smallest absolute Gasteiger partial charge is 0.278 e. The summed E-state index contributed by atoms with van der Waals surface area (Å²) in [6.07, 6.45) is 2.23. The zero-order chi connectivity index (χ0) is 23.1. The molecule has 0 fully saturated rings. The summed E-state index contributed by atoms with van der Waals surface area (Å²) in [6.45, 7) is 4.72. The monoisotopic (exact) mass is 445 g/mol. The molecule has 1 N–H and O–H groups in total. The molecule has 3 aromatic rings. The molecule has 33 heavy (non-hydrogen) atoms. The molecule has 2 aromatic heterocycles. The van der Waals surface area contributed by atoms with Crippen molar-refractivity contribution >= 4 is 17.4 Å². The van der Waals surface area contributed by atoms with Crippen molar-refractivity contribution in [3.8, 4) is 17.1 Å². The first-order valence-corrected chi connectivity index (χ1v) is 11.2. The summed E-state index contributed by atoms with van der Waals surface area (Å²) < 4.78 is 7.74. The van der Waals surface area contributed by atoms with Crippen molar-refractivity contribution in [3.63, 3.8) is 0 Å². The lowest BCUT2D eigenvalue weighted by molar-refractivity contribution is 0.0771. The number of amidine groups is 1. The third-order valence-electron chi connectivity index (χ3n) is 6.32. The highest BCUT2D eigenvalue weighted by molar-refractivity contribution is 6.12. The van der Waals surface area contributed by atoms with Crippen molar-refractivity contribution in [1.82, 2.24) is 14.8 Å². The third kappa shape index (κ3) is 4.02. The lowest BCUT2D eigenvalue weighted by Gasteiger charge is -2.24. The Balaban J connectivity index is 1.61. The number of pyridine rings is 1. The lowest BCUT2D eigenvalue weighted by atomic mass is 10.0. The van der Waals surface area contributed by atoms with Crippen molar-refractivity contribution in [2.45, 2.75) is 32.8 Å². The highest BCUT2D eigenvalue weighted by atomic mass is 16.5. The highest BCUT2D eigenvalue weighted by Crippen LogP contribution is 2.32. The summed E-state index contributed by atoms with van der Waals surface area (Å²) in [6, 6.07) is 11.6. The number of aliphatic imine (C=N–C) groups is 1. The Labute approximate surface area is 192 Å². The molecule has 5 rings (SSSR count). The molecule has 2 atom stereocenters. The van der Waals surface area contributed by atoms with Gasteiger partial charge in [-0.2, -0.15) is 10.1 Å². The third-order valence-corrected chi connectivity index (χ3v) is 6.32. The van der Waals surface area contributed by atoms with Crippen molar-refractivity contribution in [2.24, 2.45) is 18.0 Å². The maximum atomic E-state index is 13.3. The standard InChI is InChI=1S/C25H27N5O3/c1-15-14-33-25-19(13-26-29(25)3)20-11-18(10-16(2)27-20)24(32)28-23-12-17-6-4-5-7-21(17)30(23)9-8-22(15)31/h4-7,10-11,13,15,22,31H,8-9,12,14H2,1-3H3/t15-,22-/m1/s1. The van der Waals surface area contributed by atoms with Crippen LogP contribution >= 0.6 is 0 Å². The predicted molar refractivity (Wildman–Crippen MR) is 126 cm³/mol. The summed E-state index contributed by atoms with van der Waals surface area (Å²) in [5.74, 6) is 0.843. The number of amides is 1. The molecule has 1 aromatic carbocycles. The first kappa shape index (κ1) is 21.3. The van der Waals surface area contributed by atoms with Gasteiger partial charge in [-0.3, -0.25) is 9.78 Å². The maximum Gasteiger partial charge on any atom is 0.278 e. The first-order valence-electron chi connectivity index (χ1n) is 11.2. The number of benzene rings is 1. The second kappa shape index (κ2) is 8.44. The fraction of sp³-hybridized carbons (Fsp3) is 0.360. The first-order chi connectivity index (χ1) is 15.9. The Morgan fingerprint density at radius 3 is 2.88 bits per heavy atom. The van der Waals surface area contributed by atoms with Crippen LogP contribution in [0, 0.1) is 12.8 Å². The van der Waals surface area contributed by atoms with E-state index >= 15 is 0 Å². The maximum absolute atomic E-state index is 13.3. The predicted octanol–water partition coefficient (Wildman–Crippen LogP) is 3.17. The summed E-state index contributed by atoms with van der Waals surface area (Å²) >= 11 is 0. The number of anilines is 1. The molecule has 8 heteroatoms. The van der Waals surface area contributed by atoms with E-state index in [2.05, 4.69) is 26.0 Å². The molecule has 0 saturated carbocycles. The van der Waals surface area contributed by atoms with E-state index in [-0.39, 0.29) is 11.8 Å². The van der Waals surface area contributed by atoms with Gasteiger partial charge in [0.25, 0.3) is 5.91 Å². The molecule has 1 amide bonds. The van der Waals surface area contributed by atoms with Crippen LogP contribution in [0.3, 0.4) is 0 Å². The van der Waals surface area contributed by atoms with E-state index in [1.165, 1.54) is 0 Å². The fourth-order valence-electron chi connectivity index (χ4n) is 4.43. The van der Waals surface area contributed by atoms with Crippen LogP contribution in [-0.2, 0) is 13.5 Å². The van der Waals surface area contributed by atoms with Crippen LogP contribution in [0.1, 0.15) is 35.0 Å². The fourth-order valence-corrected chi connectivity index (χ4v) is 4.43. The van der Waals surface area contributed by atoms with E-state index in [0.717, 1.165) is 11.3 Å². The zero-order valence-corrected chi connectivity index (χ0v) is 19.0. The van der Waals surface area contributed by atoms with Crippen molar-refractivity contribution in [2.75, 3.05) is 18.1 Å². The van der Waals surface area contributed by atoms with Gasteiger partial charge in [-0.25, -0.2) is 4.68 Å². The number of aromatic nitrogens is 3. The summed E-state index contributed by atoms with van der Waals surface area (Å²) in [5, 5.41) is 15.2. The number of carbonyl (C=O) groups excluding carboxylic acids is 1. The van der Waals surface area contributed by atoms with Gasteiger partial charge in [0, 0.05) is 42.9 Å². The number of aliphatic hydroxyl groups is 1. The van der Waals surface area contributed by atoms with Gasteiger partial charge >= 0.3 is 0 Å². The Hall–Kier alpha value is -3.52. The van der Waals surface area contributed by atoms with Gasteiger partial charge in [0.2, 0.25) is 5.88 Å². The van der Waals surface area contributed by atoms with E-state index < -0.39 is 6.10 Å². The van der Waals surface area contributed by atoms with Crippen molar-refractivity contribution in [1.29, 1.82) is 0 Å². The number of aliphatic hydroxyl groups excluding tert-OH is 1. The minimum absolute atomic E-state index is 0.0984. The van der Waals surface area contributed by atoms with Crippen LogP contribution in [0.15, 0.2) is 47.6 Å². The molecule has 0 aliphatic carbocycles. The number of para-hydroxylation sites is 1. The summed E-state index contributed by atoms with van der Waals surface area (Å²) in [5.41, 5.74) is 4.66. The van der Waals surface area contributed by atoms with Crippen LogP contribution in [0.2, 0.25) is 0 Å². The van der Waals surface area contributed by atoms with E-state index in [4.69, 9.17) is 4.74 Å². The number of carbonyl (C=O) groups is 1.